The van der Waals surface area contributed by atoms with Crippen LogP contribution in [0.2, 0.25) is 0 Å². The molecule has 1 aliphatic heterocycles. The van der Waals surface area contributed by atoms with Crippen LogP contribution in [0.5, 0.6) is 0 Å². The summed E-state index contributed by atoms with van der Waals surface area (Å²) in [6, 6.07) is 3.62. The molecule has 1 unspecified atom stereocenters. The molecule has 3 heteroatoms. The predicted octanol–water partition coefficient (Wildman–Crippen LogP) is 2.35. The van der Waals surface area contributed by atoms with Crippen molar-refractivity contribution in [1.29, 1.82) is 0 Å². The van der Waals surface area contributed by atoms with Crippen molar-refractivity contribution in [2.24, 2.45) is 0 Å². The average molecular weight is 208 g/mol. The molecular formula is C12H16O3. The Morgan fingerprint density at radius 3 is 3.00 bits per heavy atom. The molecule has 15 heavy (non-hydrogen) atoms. The van der Waals surface area contributed by atoms with Crippen LogP contribution < -0.4 is 0 Å². The summed E-state index contributed by atoms with van der Waals surface area (Å²) >= 11 is 0. The first-order chi connectivity index (χ1) is 7.21. The Balaban J connectivity index is 2.00. The highest BCUT2D eigenvalue weighted by Crippen LogP contribution is 2.26. The Morgan fingerprint density at radius 1 is 1.53 bits per heavy atom. The van der Waals surface area contributed by atoms with Crippen LogP contribution in [0.1, 0.15) is 31.9 Å². The van der Waals surface area contributed by atoms with Gasteiger partial charge in [0.25, 0.3) is 0 Å². The number of ketones is 1. The van der Waals surface area contributed by atoms with E-state index < -0.39 is 5.60 Å². The van der Waals surface area contributed by atoms with Crippen molar-refractivity contribution < 1.29 is 13.9 Å². The minimum Gasteiger partial charge on any atom is -0.469 e. The number of Topliss-reactive ketones (excluding diaryl/α,β-unsaturated/α-hetero) is 1. The first-order valence-corrected chi connectivity index (χ1v) is 5.40. The van der Waals surface area contributed by atoms with Crippen LogP contribution in [0.25, 0.3) is 0 Å². The number of ether oxygens (including phenoxy) is 1. The molecule has 1 aromatic rings. The van der Waals surface area contributed by atoms with Crippen LogP contribution in [0.3, 0.4) is 0 Å². The zero-order valence-corrected chi connectivity index (χ0v) is 8.99. The number of hydrogen-bond acceptors (Lipinski definition) is 3. The molecule has 3 nitrogen and oxygen atoms in total. The SMILES string of the molecule is CC1(C(=O)Cc2ccco2)CCCCO1. The fourth-order valence-corrected chi connectivity index (χ4v) is 1.91. The van der Waals surface area contributed by atoms with Crippen molar-refractivity contribution in [3.8, 4) is 0 Å². The van der Waals surface area contributed by atoms with Gasteiger partial charge in [-0.3, -0.25) is 4.79 Å². The number of rotatable bonds is 3. The zero-order chi connectivity index (χ0) is 10.7. The van der Waals surface area contributed by atoms with Gasteiger partial charge in [0.15, 0.2) is 5.78 Å². The van der Waals surface area contributed by atoms with Gasteiger partial charge in [-0.2, -0.15) is 0 Å². The van der Waals surface area contributed by atoms with Gasteiger partial charge in [0.05, 0.1) is 12.7 Å². The monoisotopic (exact) mass is 208 g/mol. The molecule has 2 rings (SSSR count). The lowest BCUT2D eigenvalue weighted by atomic mass is 9.89. The summed E-state index contributed by atoms with van der Waals surface area (Å²) < 4.78 is 10.7. The number of carbonyl (C=O) groups is 1. The van der Waals surface area contributed by atoms with Gasteiger partial charge in [-0.25, -0.2) is 0 Å². The molecule has 0 aliphatic carbocycles. The van der Waals surface area contributed by atoms with E-state index in [1.54, 1.807) is 12.3 Å². The van der Waals surface area contributed by atoms with Crippen molar-refractivity contribution in [3.63, 3.8) is 0 Å². The van der Waals surface area contributed by atoms with Crippen LogP contribution in [-0.4, -0.2) is 18.0 Å². The van der Waals surface area contributed by atoms with E-state index in [1.807, 2.05) is 13.0 Å². The van der Waals surface area contributed by atoms with E-state index in [9.17, 15) is 4.79 Å². The third-order valence-corrected chi connectivity index (χ3v) is 2.97. The van der Waals surface area contributed by atoms with Crippen molar-refractivity contribution in [2.45, 2.75) is 38.2 Å². The highest BCUT2D eigenvalue weighted by Gasteiger charge is 2.35. The maximum atomic E-state index is 12.0. The lowest BCUT2D eigenvalue weighted by Crippen LogP contribution is -2.42. The highest BCUT2D eigenvalue weighted by atomic mass is 16.5. The minimum absolute atomic E-state index is 0.122. The van der Waals surface area contributed by atoms with E-state index in [0.717, 1.165) is 25.0 Å². The zero-order valence-electron chi connectivity index (χ0n) is 8.99. The predicted molar refractivity (Wildman–Crippen MR) is 55.6 cm³/mol. The molecule has 0 aromatic carbocycles. The van der Waals surface area contributed by atoms with E-state index in [4.69, 9.17) is 9.15 Å². The van der Waals surface area contributed by atoms with Crippen LogP contribution in [0.4, 0.5) is 0 Å². The molecule has 82 valence electrons. The van der Waals surface area contributed by atoms with Crippen molar-refractivity contribution >= 4 is 5.78 Å². The highest BCUT2D eigenvalue weighted by molar-refractivity contribution is 5.88. The second kappa shape index (κ2) is 4.19. The van der Waals surface area contributed by atoms with Gasteiger partial charge < -0.3 is 9.15 Å². The lowest BCUT2D eigenvalue weighted by Gasteiger charge is -2.32. The van der Waals surface area contributed by atoms with Crippen molar-refractivity contribution in [3.05, 3.63) is 24.2 Å². The maximum Gasteiger partial charge on any atom is 0.171 e. The van der Waals surface area contributed by atoms with Crippen molar-refractivity contribution in [2.75, 3.05) is 6.61 Å². The lowest BCUT2D eigenvalue weighted by molar-refractivity contribution is -0.147. The molecule has 1 atom stereocenters. The number of carbonyl (C=O) groups excluding carboxylic acids is 1. The van der Waals surface area contributed by atoms with Crippen LogP contribution >= 0.6 is 0 Å². The summed E-state index contributed by atoms with van der Waals surface area (Å²) in [7, 11) is 0. The third kappa shape index (κ3) is 2.29. The molecule has 0 saturated carbocycles. The molecule has 1 aliphatic rings. The fourth-order valence-electron chi connectivity index (χ4n) is 1.91. The maximum absolute atomic E-state index is 12.0. The molecule has 0 radical (unpaired) electrons. The summed E-state index contributed by atoms with van der Waals surface area (Å²) in [5.74, 6) is 0.840. The molecule has 0 N–H and O–H groups in total. The molecule has 0 bridgehead atoms. The van der Waals surface area contributed by atoms with E-state index in [-0.39, 0.29) is 5.78 Å². The molecule has 1 fully saturated rings. The average Bonchev–Trinajstić information content (AvgIpc) is 2.71. The molecule has 0 spiro atoms. The summed E-state index contributed by atoms with van der Waals surface area (Å²) in [5, 5.41) is 0. The topological polar surface area (TPSA) is 39.4 Å². The standard InChI is InChI=1S/C12H16O3/c1-12(6-2-3-8-15-12)11(13)9-10-5-4-7-14-10/h4-5,7H,2-3,6,8-9H2,1H3. The first-order valence-electron chi connectivity index (χ1n) is 5.40. The van der Waals surface area contributed by atoms with Gasteiger partial charge in [0.1, 0.15) is 11.4 Å². The van der Waals surface area contributed by atoms with Gasteiger partial charge in [0.2, 0.25) is 0 Å². The van der Waals surface area contributed by atoms with Gasteiger partial charge >= 0.3 is 0 Å². The van der Waals surface area contributed by atoms with Gasteiger partial charge in [0, 0.05) is 6.61 Å². The van der Waals surface area contributed by atoms with E-state index in [1.165, 1.54) is 0 Å². The second-order valence-corrected chi connectivity index (χ2v) is 4.22. The normalized spacial score (nSPS) is 26.5. The van der Waals surface area contributed by atoms with Crippen LogP contribution in [0.15, 0.2) is 22.8 Å². The summed E-state index contributed by atoms with van der Waals surface area (Å²) in [5.41, 5.74) is -0.592. The van der Waals surface area contributed by atoms with E-state index in [2.05, 4.69) is 0 Å². The van der Waals surface area contributed by atoms with Gasteiger partial charge in [-0.05, 0) is 38.3 Å². The Bertz CT molecular complexity index is 321. The molecule has 1 aromatic heterocycles. The summed E-state index contributed by atoms with van der Waals surface area (Å²) in [6.45, 7) is 2.58. The molecule has 2 heterocycles. The summed E-state index contributed by atoms with van der Waals surface area (Å²) in [4.78, 5) is 12.0. The molecular weight excluding hydrogens is 192 g/mol. The first kappa shape index (κ1) is 10.4. The third-order valence-electron chi connectivity index (χ3n) is 2.97. The van der Waals surface area contributed by atoms with E-state index >= 15 is 0 Å². The van der Waals surface area contributed by atoms with Gasteiger partial charge in [-0.1, -0.05) is 0 Å². The molecule has 0 amide bonds. The smallest absolute Gasteiger partial charge is 0.171 e. The van der Waals surface area contributed by atoms with Crippen LogP contribution in [-0.2, 0) is 16.0 Å². The Kier molecular flexibility index (Phi) is 2.91. The fraction of sp³-hybridized carbons (Fsp3) is 0.583. The minimum atomic E-state index is -0.592. The quantitative estimate of drug-likeness (QED) is 0.765. The Hall–Kier alpha value is -1.09. The Morgan fingerprint density at radius 2 is 2.40 bits per heavy atom. The number of furan rings is 1. The van der Waals surface area contributed by atoms with Crippen molar-refractivity contribution in [1.82, 2.24) is 0 Å². The summed E-state index contributed by atoms with van der Waals surface area (Å²) in [6.07, 6.45) is 4.88. The molecule has 1 saturated heterocycles. The second-order valence-electron chi connectivity index (χ2n) is 4.22. The van der Waals surface area contributed by atoms with E-state index in [0.29, 0.717) is 13.0 Å². The van der Waals surface area contributed by atoms with Crippen LogP contribution in [0, 0.1) is 0 Å². The Labute approximate surface area is 89.4 Å². The van der Waals surface area contributed by atoms with Gasteiger partial charge in [-0.15, -0.1) is 0 Å². The number of hydrogen-bond donors (Lipinski definition) is 0. The largest absolute Gasteiger partial charge is 0.469 e.